The van der Waals surface area contributed by atoms with Gasteiger partial charge in [0.05, 0.1) is 20.5 Å². The highest BCUT2D eigenvalue weighted by Crippen LogP contribution is 2.27. The van der Waals surface area contributed by atoms with E-state index >= 15 is 0 Å². The molecular formula is C24H24N2O5. The molecule has 160 valence electrons. The molecule has 0 unspecified atom stereocenters. The molecule has 7 nitrogen and oxygen atoms in total. The van der Waals surface area contributed by atoms with Gasteiger partial charge >= 0.3 is 0 Å². The van der Waals surface area contributed by atoms with Crippen LogP contribution in [0.3, 0.4) is 0 Å². The van der Waals surface area contributed by atoms with E-state index in [0.717, 1.165) is 12.0 Å². The Kier molecular flexibility index (Phi) is 7.11. The fraction of sp³-hybridized carbons (Fsp3) is 0.167. The maximum atomic E-state index is 13.0. The Labute approximate surface area is 180 Å². The summed E-state index contributed by atoms with van der Waals surface area (Å²) in [6, 6.07) is 15.7. The number of benzene rings is 2. The molecule has 2 amide bonds. The summed E-state index contributed by atoms with van der Waals surface area (Å²) in [6.45, 7) is 2.00. The Morgan fingerprint density at radius 3 is 2.45 bits per heavy atom. The lowest BCUT2D eigenvalue weighted by Gasteiger charge is -2.14. The van der Waals surface area contributed by atoms with Gasteiger partial charge in [-0.2, -0.15) is 0 Å². The molecule has 1 aromatic heterocycles. The number of hydrogen-bond donors (Lipinski definition) is 2. The van der Waals surface area contributed by atoms with Gasteiger partial charge in [0.1, 0.15) is 11.5 Å². The van der Waals surface area contributed by atoms with Crippen molar-refractivity contribution in [2.75, 3.05) is 19.5 Å². The number of para-hydroxylation sites is 1. The molecule has 0 spiro atoms. The molecule has 2 aromatic carbocycles. The van der Waals surface area contributed by atoms with Crippen molar-refractivity contribution in [3.63, 3.8) is 0 Å². The molecule has 0 saturated heterocycles. The van der Waals surface area contributed by atoms with Crippen LogP contribution >= 0.6 is 0 Å². The van der Waals surface area contributed by atoms with E-state index in [9.17, 15) is 9.59 Å². The van der Waals surface area contributed by atoms with Gasteiger partial charge in [-0.05, 0) is 48.4 Å². The Bertz CT molecular complexity index is 1090. The van der Waals surface area contributed by atoms with E-state index < -0.39 is 11.8 Å². The minimum Gasteiger partial charge on any atom is -0.493 e. The molecule has 0 saturated carbocycles. The first-order valence-electron chi connectivity index (χ1n) is 9.73. The second kappa shape index (κ2) is 10.2. The lowest BCUT2D eigenvalue weighted by Crippen LogP contribution is -2.31. The zero-order chi connectivity index (χ0) is 22.2. The summed E-state index contributed by atoms with van der Waals surface area (Å²) in [5, 5.41) is 5.53. The first kappa shape index (κ1) is 21.7. The van der Waals surface area contributed by atoms with Gasteiger partial charge in [-0.3, -0.25) is 9.59 Å². The summed E-state index contributed by atoms with van der Waals surface area (Å²) in [5.74, 6) is 0.401. The second-order valence-electron chi connectivity index (χ2n) is 6.56. The lowest BCUT2D eigenvalue weighted by molar-refractivity contribution is -0.113. The number of amides is 2. The van der Waals surface area contributed by atoms with Crippen molar-refractivity contribution < 1.29 is 23.5 Å². The number of carbonyl (C=O) groups is 2. The predicted molar refractivity (Wildman–Crippen MR) is 118 cm³/mol. The molecule has 7 heteroatoms. The van der Waals surface area contributed by atoms with Crippen LogP contribution < -0.4 is 20.1 Å². The average molecular weight is 420 g/mol. The minimum absolute atomic E-state index is 0.0423. The van der Waals surface area contributed by atoms with Crippen molar-refractivity contribution in [1.29, 1.82) is 0 Å². The van der Waals surface area contributed by atoms with E-state index in [-0.39, 0.29) is 5.70 Å². The first-order valence-corrected chi connectivity index (χ1v) is 9.73. The summed E-state index contributed by atoms with van der Waals surface area (Å²) in [7, 11) is 3.00. The fourth-order valence-electron chi connectivity index (χ4n) is 2.99. The van der Waals surface area contributed by atoms with Crippen molar-refractivity contribution in [1.82, 2.24) is 5.32 Å². The maximum Gasteiger partial charge on any atom is 0.272 e. The summed E-state index contributed by atoms with van der Waals surface area (Å²) in [6.07, 6.45) is 3.72. The van der Waals surface area contributed by atoms with Gasteiger partial charge in [-0.15, -0.1) is 0 Å². The summed E-state index contributed by atoms with van der Waals surface area (Å²) in [5.41, 5.74) is 2.02. The van der Waals surface area contributed by atoms with Crippen molar-refractivity contribution in [2.45, 2.75) is 13.3 Å². The van der Waals surface area contributed by atoms with Gasteiger partial charge < -0.3 is 24.5 Å². The number of rotatable bonds is 8. The molecule has 0 fully saturated rings. The van der Waals surface area contributed by atoms with Crippen molar-refractivity contribution in [2.24, 2.45) is 0 Å². The summed E-state index contributed by atoms with van der Waals surface area (Å²) in [4.78, 5) is 25.9. The van der Waals surface area contributed by atoms with Gasteiger partial charge in [0, 0.05) is 17.3 Å². The summed E-state index contributed by atoms with van der Waals surface area (Å²) < 4.78 is 15.8. The highest BCUT2D eigenvalue weighted by Gasteiger charge is 2.18. The Balaban J connectivity index is 1.88. The van der Waals surface area contributed by atoms with Crippen LogP contribution in [0, 0.1) is 0 Å². The number of carbonyl (C=O) groups excluding carboxylic acids is 2. The van der Waals surface area contributed by atoms with Crippen LogP contribution in [0.4, 0.5) is 5.69 Å². The molecule has 3 rings (SSSR count). The zero-order valence-electron chi connectivity index (χ0n) is 17.6. The number of furan rings is 1. The molecule has 1 heterocycles. The molecule has 0 radical (unpaired) electrons. The first-order chi connectivity index (χ1) is 15.0. The maximum absolute atomic E-state index is 13.0. The van der Waals surface area contributed by atoms with Crippen molar-refractivity contribution in [3.05, 3.63) is 83.4 Å². The van der Waals surface area contributed by atoms with Crippen LogP contribution in [0.15, 0.2) is 71.0 Å². The van der Waals surface area contributed by atoms with Gasteiger partial charge in [0.25, 0.3) is 11.8 Å². The number of hydrogen-bond acceptors (Lipinski definition) is 5. The van der Waals surface area contributed by atoms with Crippen LogP contribution in [-0.4, -0.2) is 26.0 Å². The molecular weight excluding hydrogens is 396 g/mol. The third kappa shape index (κ3) is 5.33. The smallest absolute Gasteiger partial charge is 0.272 e. The molecule has 0 atom stereocenters. The van der Waals surface area contributed by atoms with Crippen LogP contribution in [0.1, 0.15) is 28.6 Å². The Morgan fingerprint density at radius 2 is 1.77 bits per heavy atom. The van der Waals surface area contributed by atoms with E-state index in [4.69, 9.17) is 13.9 Å². The number of aryl methyl sites for hydroxylation is 1. The van der Waals surface area contributed by atoms with Gasteiger partial charge in [-0.25, -0.2) is 0 Å². The quantitative estimate of drug-likeness (QED) is 0.531. The lowest BCUT2D eigenvalue weighted by atomic mass is 10.1. The van der Waals surface area contributed by atoms with E-state index in [0.29, 0.717) is 28.5 Å². The highest BCUT2D eigenvalue weighted by molar-refractivity contribution is 6.10. The van der Waals surface area contributed by atoms with Crippen LogP contribution in [0.25, 0.3) is 6.08 Å². The standard InChI is InChI=1S/C24H24N2O5/c1-4-16-8-5-6-10-19(16)25-24(28)20(15-18-9-7-13-31-18)26-23(27)17-11-12-21(29-2)22(14-17)30-3/h5-15H,4H2,1-3H3,(H,25,28)(H,26,27)/b20-15-. The van der Waals surface area contributed by atoms with E-state index in [1.54, 1.807) is 30.3 Å². The topological polar surface area (TPSA) is 89.8 Å². The normalized spacial score (nSPS) is 11.0. The average Bonchev–Trinajstić information content (AvgIpc) is 3.31. The van der Waals surface area contributed by atoms with Gasteiger partial charge in [-0.1, -0.05) is 25.1 Å². The van der Waals surface area contributed by atoms with Crippen LogP contribution in [0.2, 0.25) is 0 Å². The third-order valence-corrected chi connectivity index (χ3v) is 4.61. The molecule has 0 aliphatic heterocycles. The minimum atomic E-state index is -0.474. The fourth-order valence-corrected chi connectivity index (χ4v) is 2.99. The number of methoxy groups -OCH3 is 2. The summed E-state index contributed by atoms with van der Waals surface area (Å²) >= 11 is 0. The molecule has 0 aliphatic rings. The Morgan fingerprint density at radius 1 is 1.00 bits per heavy atom. The van der Waals surface area contributed by atoms with Gasteiger partial charge in [0.15, 0.2) is 11.5 Å². The second-order valence-corrected chi connectivity index (χ2v) is 6.56. The highest BCUT2D eigenvalue weighted by atomic mass is 16.5. The SMILES string of the molecule is CCc1ccccc1NC(=O)/C(=C/c1ccco1)NC(=O)c1ccc(OC)c(OC)c1. The largest absolute Gasteiger partial charge is 0.493 e. The molecule has 2 N–H and O–H groups in total. The monoisotopic (exact) mass is 420 g/mol. The molecule has 0 bridgehead atoms. The predicted octanol–water partition coefficient (Wildman–Crippen LogP) is 4.27. The van der Waals surface area contributed by atoms with Crippen molar-refractivity contribution >= 4 is 23.6 Å². The van der Waals surface area contributed by atoms with Crippen LogP contribution in [-0.2, 0) is 11.2 Å². The number of ether oxygens (including phenoxy) is 2. The van der Waals surface area contributed by atoms with Crippen molar-refractivity contribution in [3.8, 4) is 11.5 Å². The molecule has 0 aliphatic carbocycles. The third-order valence-electron chi connectivity index (χ3n) is 4.61. The zero-order valence-corrected chi connectivity index (χ0v) is 17.6. The van der Waals surface area contributed by atoms with E-state index in [1.807, 2.05) is 31.2 Å². The van der Waals surface area contributed by atoms with Crippen LogP contribution in [0.5, 0.6) is 11.5 Å². The van der Waals surface area contributed by atoms with E-state index in [2.05, 4.69) is 10.6 Å². The molecule has 31 heavy (non-hydrogen) atoms. The Hall–Kier alpha value is -4.00. The number of anilines is 1. The molecule has 3 aromatic rings. The van der Waals surface area contributed by atoms with Gasteiger partial charge in [0.2, 0.25) is 0 Å². The van der Waals surface area contributed by atoms with E-state index in [1.165, 1.54) is 26.6 Å². The number of nitrogens with one attached hydrogen (secondary N) is 2.